The van der Waals surface area contributed by atoms with Crippen molar-refractivity contribution in [1.82, 2.24) is 0 Å². The zero-order valence-corrected chi connectivity index (χ0v) is 17.7. The Kier molecular flexibility index (Phi) is 6.11. The molecule has 4 atom stereocenters. The molecule has 0 aliphatic heterocycles. The maximum absolute atomic E-state index is 13.1. The van der Waals surface area contributed by atoms with E-state index in [1.807, 2.05) is 18.2 Å². The highest BCUT2D eigenvalue weighted by Crippen LogP contribution is 2.53. The molecular weight excluding hydrogens is 425 g/mol. The minimum Gasteiger partial charge on any atom is -0.455 e. The standard InChI is InChI=1S/C23H21Cl2NO4/c24-17-9-8-16(11-18(17)25)26-19(27)12-30-23(29)21-15-7-6-14(10-15)20(21)22(28)13-4-2-1-3-5-13/h1-5,8-9,11,14-15,20-21H,6-7,10,12H2,(H,26,27)/t14-,15-,20-,21-/m0/s1. The lowest BCUT2D eigenvalue weighted by Gasteiger charge is -2.28. The summed E-state index contributed by atoms with van der Waals surface area (Å²) in [6.07, 6.45) is 2.73. The second kappa shape index (κ2) is 8.78. The van der Waals surface area contributed by atoms with Crippen LogP contribution in [0.15, 0.2) is 48.5 Å². The number of amides is 1. The van der Waals surface area contributed by atoms with Crippen LogP contribution in [-0.2, 0) is 14.3 Å². The molecule has 0 unspecified atom stereocenters. The number of esters is 1. The molecule has 156 valence electrons. The third-order valence-electron chi connectivity index (χ3n) is 6.10. The quantitative estimate of drug-likeness (QED) is 0.500. The van der Waals surface area contributed by atoms with Crippen molar-refractivity contribution in [1.29, 1.82) is 0 Å². The van der Waals surface area contributed by atoms with Gasteiger partial charge < -0.3 is 10.1 Å². The fourth-order valence-corrected chi connectivity index (χ4v) is 5.10. The van der Waals surface area contributed by atoms with E-state index in [-0.39, 0.29) is 23.5 Å². The molecule has 2 aliphatic rings. The predicted octanol–water partition coefficient (Wildman–Crippen LogP) is 5.02. The highest BCUT2D eigenvalue weighted by molar-refractivity contribution is 6.42. The van der Waals surface area contributed by atoms with Crippen molar-refractivity contribution in [3.8, 4) is 0 Å². The van der Waals surface area contributed by atoms with Gasteiger partial charge in [-0.25, -0.2) is 0 Å². The number of halogens is 2. The van der Waals surface area contributed by atoms with Crippen molar-refractivity contribution in [3.63, 3.8) is 0 Å². The summed E-state index contributed by atoms with van der Waals surface area (Å²) in [6.45, 7) is -0.417. The first-order valence-corrected chi connectivity index (χ1v) is 10.7. The van der Waals surface area contributed by atoms with Gasteiger partial charge in [0.25, 0.3) is 5.91 Å². The molecule has 1 amide bonds. The molecule has 0 heterocycles. The van der Waals surface area contributed by atoms with E-state index in [1.54, 1.807) is 24.3 Å². The molecule has 4 rings (SSSR count). The van der Waals surface area contributed by atoms with Gasteiger partial charge in [0.1, 0.15) is 0 Å². The molecule has 0 saturated heterocycles. The Bertz CT molecular complexity index is 978. The van der Waals surface area contributed by atoms with Crippen LogP contribution in [0.2, 0.25) is 10.0 Å². The molecule has 2 saturated carbocycles. The van der Waals surface area contributed by atoms with Crippen LogP contribution in [0.5, 0.6) is 0 Å². The zero-order valence-electron chi connectivity index (χ0n) is 16.1. The lowest BCUT2D eigenvalue weighted by Crippen LogP contribution is -2.37. The van der Waals surface area contributed by atoms with E-state index < -0.39 is 24.4 Å². The molecule has 1 N–H and O–H groups in total. The minimum absolute atomic E-state index is 0.00925. The van der Waals surface area contributed by atoms with Gasteiger partial charge in [-0.05, 0) is 49.3 Å². The maximum atomic E-state index is 13.1. The molecule has 0 aromatic heterocycles. The smallest absolute Gasteiger partial charge is 0.310 e. The Morgan fingerprint density at radius 1 is 0.933 bits per heavy atom. The molecular formula is C23H21Cl2NO4. The maximum Gasteiger partial charge on any atom is 0.310 e. The molecule has 2 aromatic carbocycles. The summed E-state index contributed by atoms with van der Waals surface area (Å²) in [5, 5.41) is 3.32. The van der Waals surface area contributed by atoms with E-state index in [4.69, 9.17) is 27.9 Å². The molecule has 0 radical (unpaired) electrons. The average molecular weight is 446 g/mol. The monoisotopic (exact) mass is 445 g/mol. The summed E-state index contributed by atoms with van der Waals surface area (Å²) in [6, 6.07) is 13.8. The van der Waals surface area contributed by atoms with Crippen LogP contribution in [0, 0.1) is 23.7 Å². The van der Waals surface area contributed by atoms with Gasteiger partial charge >= 0.3 is 5.97 Å². The summed E-state index contributed by atoms with van der Waals surface area (Å²) in [4.78, 5) is 38.1. The number of Topliss-reactive ketones (excluding diaryl/α,β-unsaturated/α-hetero) is 1. The number of hydrogen-bond donors (Lipinski definition) is 1. The Morgan fingerprint density at radius 2 is 1.63 bits per heavy atom. The number of fused-ring (bicyclic) bond motifs is 2. The normalized spacial score (nSPS) is 24.5. The number of ether oxygens (including phenoxy) is 1. The third kappa shape index (κ3) is 4.23. The second-order valence-corrected chi connectivity index (χ2v) is 8.71. The first-order valence-electron chi connectivity index (χ1n) is 9.95. The summed E-state index contributed by atoms with van der Waals surface area (Å²) >= 11 is 11.8. The van der Waals surface area contributed by atoms with Crippen LogP contribution >= 0.6 is 23.2 Å². The molecule has 5 nitrogen and oxygen atoms in total. The Morgan fingerprint density at radius 3 is 2.33 bits per heavy atom. The number of rotatable bonds is 6. The number of anilines is 1. The fraction of sp³-hybridized carbons (Fsp3) is 0.348. The summed E-state index contributed by atoms with van der Waals surface area (Å²) in [5.41, 5.74) is 1.08. The summed E-state index contributed by atoms with van der Waals surface area (Å²) in [7, 11) is 0. The van der Waals surface area contributed by atoms with Crippen LogP contribution in [0.1, 0.15) is 29.6 Å². The summed E-state index contributed by atoms with van der Waals surface area (Å²) in [5.74, 6) is -1.49. The summed E-state index contributed by atoms with van der Waals surface area (Å²) < 4.78 is 5.32. The first kappa shape index (κ1) is 20.9. The van der Waals surface area contributed by atoms with Crippen molar-refractivity contribution in [3.05, 3.63) is 64.1 Å². The Labute approximate surface area is 184 Å². The predicted molar refractivity (Wildman–Crippen MR) is 115 cm³/mol. The molecule has 2 fully saturated rings. The number of carbonyl (C=O) groups excluding carboxylic acids is 3. The number of nitrogens with one attached hydrogen (secondary N) is 1. The average Bonchev–Trinajstić information content (AvgIpc) is 3.36. The van der Waals surface area contributed by atoms with Gasteiger partial charge in [0.2, 0.25) is 0 Å². The van der Waals surface area contributed by atoms with Crippen LogP contribution in [0.25, 0.3) is 0 Å². The van der Waals surface area contributed by atoms with Crippen LogP contribution < -0.4 is 5.32 Å². The largest absolute Gasteiger partial charge is 0.455 e. The van der Waals surface area contributed by atoms with Crippen LogP contribution in [0.4, 0.5) is 5.69 Å². The van der Waals surface area contributed by atoms with E-state index in [0.717, 1.165) is 19.3 Å². The van der Waals surface area contributed by atoms with E-state index in [0.29, 0.717) is 21.3 Å². The van der Waals surface area contributed by atoms with Gasteiger partial charge in [0.15, 0.2) is 12.4 Å². The van der Waals surface area contributed by atoms with Crippen molar-refractivity contribution < 1.29 is 19.1 Å². The van der Waals surface area contributed by atoms with Gasteiger partial charge in [-0.15, -0.1) is 0 Å². The molecule has 30 heavy (non-hydrogen) atoms. The van der Waals surface area contributed by atoms with E-state index in [1.165, 1.54) is 6.07 Å². The second-order valence-electron chi connectivity index (χ2n) is 7.90. The van der Waals surface area contributed by atoms with Gasteiger partial charge in [-0.1, -0.05) is 53.5 Å². The first-order chi connectivity index (χ1) is 14.4. The zero-order chi connectivity index (χ0) is 21.3. The van der Waals surface area contributed by atoms with Crippen molar-refractivity contribution >= 4 is 46.5 Å². The van der Waals surface area contributed by atoms with Crippen LogP contribution in [-0.4, -0.2) is 24.3 Å². The van der Waals surface area contributed by atoms with E-state index in [2.05, 4.69) is 5.32 Å². The molecule has 7 heteroatoms. The van der Waals surface area contributed by atoms with Crippen molar-refractivity contribution in [2.45, 2.75) is 19.3 Å². The topological polar surface area (TPSA) is 72.5 Å². The van der Waals surface area contributed by atoms with Gasteiger partial charge in [-0.2, -0.15) is 0 Å². The van der Waals surface area contributed by atoms with Crippen molar-refractivity contribution in [2.75, 3.05) is 11.9 Å². The Balaban J connectivity index is 1.39. The van der Waals surface area contributed by atoms with Gasteiger partial charge in [0.05, 0.1) is 16.0 Å². The molecule has 2 aromatic rings. The number of hydrogen-bond acceptors (Lipinski definition) is 4. The van der Waals surface area contributed by atoms with E-state index >= 15 is 0 Å². The molecule has 0 spiro atoms. The minimum atomic E-state index is -0.491. The molecule has 2 bridgehead atoms. The Hall–Kier alpha value is -2.37. The highest BCUT2D eigenvalue weighted by Gasteiger charge is 2.54. The highest BCUT2D eigenvalue weighted by atomic mass is 35.5. The SMILES string of the molecule is O=C(COC(=O)[C@H]1[C@H]2CC[C@@H](C2)[C@@H]1C(=O)c1ccccc1)Nc1ccc(Cl)c(Cl)c1. The number of ketones is 1. The third-order valence-corrected chi connectivity index (χ3v) is 6.84. The fourth-order valence-electron chi connectivity index (χ4n) is 4.81. The number of carbonyl (C=O) groups is 3. The lowest BCUT2D eigenvalue weighted by molar-refractivity contribution is -0.154. The number of benzene rings is 2. The molecule has 2 aliphatic carbocycles. The van der Waals surface area contributed by atoms with Crippen LogP contribution in [0.3, 0.4) is 0 Å². The van der Waals surface area contributed by atoms with Gasteiger partial charge in [-0.3, -0.25) is 14.4 Å². The van der Waals surface area contributed by atoms with E-state index in [9.17, 15) is 14.4 Å². The van der Waals surface area contributed by atoms with Crippen molar-refractivity contribution in [2.24, 2.45) is 23.7 Å². The van der Waals surface area contributed by atoms with Gasteiger partial charge in [0, 0.05) is 17.2 Å². The lowest BCUT2D eigenvalue weighted by atomic mass is 9.75.